The fourth-order valence-corrected chi connectivity index (χ4v) is 2.65. The van der Waals surface area contributed by atoms with Crippen LogP contribution in [0.2, 0.25) is 13.1 Å². The van der Waals surface area contributed by atoms with Gasteiger partial charge in [-0.15, -0.1) is 11.6 Å². The van der Waals surface area contributed by atoms with Crippen molar-refractivity contribution >= 4 is 20.6 Å². The van der Waals surface area contributed by atoms with Gasteiger partial charge < -0.3 is 4.43 Å². The van der Waals surface area contributed by atoms with Crippen molar-refractivity contribution in [2.45, 2.75) is 52.8 Å². The molecule has 0 aliphatic rings. The molecule has 1 nitrogen and oxygen atoms in total. The van der Waals surface area contributed by atoms with Gasteiger partial charge in [0.15, 0.2) is 9.04 Å². The number of rotatable bonds is 5. The molecule has 13 heavy (non-hydrogen) atoms. The quantitative estimate of drug-likeness (QED) is 0.512. The van der Waals surface area contributed by atoms with Crippen LogP contribution in [-0.2, 0) is 4.43 Å². The van der Waals surface area contributed by atoms with E-state index in [-0.39, 0.29) is 5.41 Å². The second-order valence-electron chi connectivity index (χ2n) is 4.87. The van der Waals surface area contributed by atoms with E-state index in [2.05, 4.69) is 33.9 Å². The minimum absolute atomic E-state index is 0.253. The molecule has 3 heteroatoms. The van der Waals surface area contributed by atoms with Crippen LogP contribution in [0.3, 0.4) is 0 Å². The van der Waals surface area contributed by atoms with E-state index in [9.17, 15) is 0 Å². The molecule has 0 radical (unpaired) electrons. The summed E-state index contributed by atoms with van der Waals surface area (Å²) in [5.41, 5.74) is 0.253. The van der Waals surface area contributed by atoms with Crippen molar-refractivity contribution in [3.63, 3.8) is 0 Å². The summed E-state index contributed by atoms with van der Waals surface area (Å²) in [6.07, 6.45) is 2.54. The Hall–Kier alpha value is 0.467. The molecule has 0 rings (SSSR count). The van der Waals surface area contributed by atoms with Gasteiger partial charge in [0.05, 0.1) is 0 Å². The first kappa shape index (κ1) is 13.5. The molecule has 0 aromatic rings. The van der Waals surface area contributed by atoms with Gasteiger partial charge in [-0.1, -0.05) is 20.8 Å². The number of alkyl halides is 1. The molecule has 0 heterocycles. The van der Waals surface area contributed by atoms with E-state index >= 15 is 0 Å². The van der Waals surface area contributed by atoms with E-state index in [0.29, 0.717) is 6.10 Å². The Morgan fingerprint density at radius 1 is 1.31 bits per heavy atom. The van der Waals surface area contributed by atoms with Gasteiger partial charge in [0.2, 0.25) is 0 Å². The standard InChI is InChI=1S/C10H23ClOSi/c1-10(2,3)9(7-6-8-11)12-13(4)5/h9,13H,6-8H2,1-5H3. The smallest absolute Gasteiger partial charge is 0.171 e. The van der Waals surface area contributed by atoms with E-state index in [4.69, 9.17) is 16.0 Å². The monoisotopic (exact) mass is 222 g/mol. The molecule has 0 amide bonds. The lowest BCUT2D eigenvalue weighted by atomic mass is 9.87. The van der Waals surface area contributed by atoms with Crippen molar-refractivity contribution < 1.29 is 4.43 Å². The Balaban J connectivity index is 4.03. The molecule has 0 aromatic carbocycles. The second-order valence-corrected chi connectivity index (χ2v) is 7.62. The third-order valence-electron chi connectivity index (χ3n) is 2.00. The molecule has 0 saturated heterocycles. The average Bonchev–Trinajstić information content (AvgIpc) is 1.95. The molecule has 0 N–H and O–H groups in total. The zero-order valence-corrected chi connectivity index (χ0v) is 11.5. The topological polar surface area (TPSA) is 9.23 Å². The minimum atomic E-state index is -0.914. The maximum Gasteiger partial charge on any atom is 0.171 e. The van der Waals surface area contributed by atoms with Crippen LogP contribution < -0.4 is 0 Å². The molecule has 0 aliphatic carbocycles. The zero-order chi connectivity index (χ0) is 10.5. The van der Waals surface area contributed by atoms with Gasteiger partial charge in [0.1, 0.15) is 0 Å². The maximum absolute atomic E-state index is 6.00. The van der Waals surface area contributed by atoms with Crippen molar-refractivity contribution in [1.29, 1.82) is 0 Å². The van der Waals surface area contributed by atoms with Gasteiger partial charge in [0, 0.05) is 12.0 Å². The first-order chi connectivity index (χ1) is 5.88. The highest BCUT2D eigenvalue weighted by Gasteiger charge is 2.25. The van der Waals surface area contributed by atoms with Crippen LogP contribution in [-0.4, -0.2) is 21.0 Å². The van der Waals surface area contributed by atoms with Crippen LogP contribution >= 0.6 is 11.6 Å². The molecule has 0 aliphatic heterocycles. The normalized spacial score (nSPS) is 15.0. The Morgan fingerprint density at radius 3 is 2.15 bits per heavy atom. The molecular weight excluding hydrogens is 200 g/mol. The molecule has 1 unspecified atom stereocenters. The van der Waals surface area contributed by atoms with Gasteiger partial charge >= 0.3 is 0 Å². The largest absolute Gasteiger partial charge is 0.417 e. The molecule has 80 valence electrons. The average molecular weight is 223 g/mol. The van der Waals surface area contributed by atoms with E-state index in [0.717, 1.165) is 18.7 Å². The molecule has 0 bridgehead atoms. The number of halogens is 1. The summed E-state index contributed by atoms with van der Waals surface area (Å²) in [6, 6.07) is 0. The van der Waals surface area contributed by atoms with E-state index in [1.54, 1.807) is 0 Å². The fraction of sp³-hybridized carbons (Fsp3) is 1.00. The lowest BCUT2D eigenvalue weighted by molar-refractivity contribution is 0.0780. The first-order valence-electron chi connectivity index (χ1n) is 5.09. The summed E-state index contributed by atoms with van der Waals surface area (Å²) >= 11 is 5.69. The highest BCUT2D eigenvalue weighted by atomic mass is 35.5. The minimum Gasteiger partial charge on any atom is -0.417 e. The number of hydrogen-bond acceptors (Lipinski definition) is 1. The third-order valence-corrected chi connectivity index (χ3v) is 3.14. The Morgan fingerprint density at radius 2 is 1.85 bits per heavy atom. The Bertz CT molecular complexity index is 131. The van der Waals surface area contributed by atoms with Crippen LogP contribution in [0, 0.1) is 5.41 Å². The molecule has 0 aromatic heterocycles. The van der Waals surface area contributed by atoms with Gasteiger partial charge in [-0.2, -0.15) is 0 Å². The van der Waals surface area contributed by atoms with Crippen LogP contribution in [0.4, 0.5) is 0 Å². The summed E-state index contributed by atoms with van der Waals surface area (Å²) in [5.74, 6) is 0.746. The van der Waals surface area contributed by atoms with Crippen molar-refractivity contribution in [2.75, 3.05) is 5.88 Å². The van der Waals surface area contributed by atoms with Crippen LogP contribution in [0.25, 0.3) is 0 Å². The van der Waals surface area contributed by atoms with Crippen molar-refractivity contribution in [3.8, 4) is 0 Å². The fourth-order valence-electron chi connectivity index (χ4n) is 1.30. The van der Waals surface area contributed by atoms with Gasteiger partial charge in [-0.25, -0.2) is 0 Å². The van der Waals surface area contributed by atoms with Crippen molar-refractivity contribution in [2.24, 2.45) is 5.41 Å². The van der Waals surface area contributed by atoms with Crippen LogP contribution in [0.15, 0.2) is 0 Å². The van der Waals surface area contributed by atoms with E-state index in [1.165, 1.54) is 0 Å². The SMILES string of the molecule is C[SiH](C)OC(CCCCl)C(C)(C)C. The molecule has 1 atom stereocenters. The van der Waals surface area contributed by atoms with Crippen molar-refractivity contribution in [1.82, 2.24) is 0 Å². The maximum atomic E-state index is 6.00. The first-order valence-corrected chi connectivity index (χ1v) is 8.41. The molecule has 0 saturated carbocycles. The summed E-state index contributed by atoms with van der Waals surface area (Å²) in [5, 5.41) is 0. The highest BCUT2D eigenvalue weighted by molar-refractivity contribution is 6.48. The summed E-state index contributed by atoms with van der Waals surface area (Å²) in [7, 11) is -0.914. The highest BCUT2D eigenvalue weighted by Crippen LogP contribution is 2.26. The lowest BCUT2D eigenvalue weighted by Gasteiger charge is -2.32. The summed E-state index contributed by atoms with van der Waals surface area (Å²) < 4.78 is 6.00. The second kappa shape index (κ2) is 6.05. The van der Waals surface area contributed by atoms with E-state index < -0.39 is 9.04 Å². The van der Waals surface area contributed by atoms with Crippen LogP contribution in [0.1, 0.15) is 33.6 Å². The lowest BCUT2D eigenvalue weighted by Crippen LogP contribution is -2.33. The Labute approximate surface area is 89.5 Å². The van der Waals surface area contributed by atoms with Gasteiger partial charge in [-0.05, 0) is 31.4 Å². The predicted octanol–water partition coefficient (Wildman–Crippen LogP) is 3.42. The molecule has 0 spiro atoms. The summed E-state index contributed by atoms with van der Waals surface area (Å²) in [6.45, 7) is 11.2. The zero-order valence-electron chi connectivity index (χ0n) is 9.56. The Kier molecular flexibility index (Phi) is 6.26. The van der Waals surface area contributed by atoms with Crippen molar-refractivity contribution in [3.05, 3.63) is 0 Å². The molecular formula is C10H23ClOSi. The molecule has 0 fully saturated rings. The van der Waals surface area contributed by atoms with Gasteiger partial charge in [-0.3, -0.25) is 0 Å². The third kappa shape index (κ3) is 6.53. The van der Waals surface area contributed by atoms with Crippen LogP contribution in [0.5, 0.6) is 0 Å². The predicted molar refractivity (Wildman–Crippen MR) is 63.2 cm³/mol. The summed E-state index contributed by atoms with van der Waals surface area (Å²) in [4.78, 5) is 0. The van der Waals surface area contributed by atoms with Gasteiger partial charge in [0.25, 0.3) is 0 Å². The van der Waals surface area contributed by atoms with E-state index in [1.807, 2.05) is 0 Å². The number of hydrogen-bond donors (Lipinski definition) is 0.